The smallest absolute Gasteiger partial charge is 0.473 e. The Kier molecular flexibility index (Phi) is 13.5. The number of nitrogens with zero attached hydrogens (tertiary/aromatic N) is 1. The number of alkyl halides is 1. The fourth-order valence-corrected chi connectivity index (χ4v) is 10.0. The van der Waals surface area contributed by atoms with Crippen LogP contribution >= 0.6 is 15.9 Å². The number of carbonyl (C=O) groups excluding carboxylic acids is 2. The van der Waals surface area contributed by atoms with Gasteiger partial charge in [0.15, 0.2) is 0 Å². The van der Waals surface area contributed by atoms with Gasteiger partial charge in [-0.3, -0.25) is 14.4 Å². The summed E-state index contributed by atoms with van der Waals surface area (Å²) in [4.78, 5) is 41.9. The number of hydrogen-bond donors (Lipinski definition) is 1. The molecule has 10 rings (SSSR count). The molecule has 12 nitrogen and oxygen atoms in total. The molecule has 0 radical (unpaired) electrons. The minimum atomic E-state index is -0.563. The molecule has 4 fully saturated rings. The summed E-state index contributed by atoms with van der Waals surface area (Å²) in [5.74, 6) is 0.807. The Morgan fingerprint density at radius 3 is 1.67 bits per heavy atom. The molecule has 0 spiro atoms. The van der Waals surface area contributed by atoms with Crippen molar-refractivity contribution in [2.45, 2.75) is 128 Å². The van der Waals surface area contributed by atoms with Gasteiger partial charge in [-0.05, 0) is 145 Å². The normalized spacial score (nSPS) is 25.6. The molecule has 17 heteroatoms. The first kappa shape index (κ1) is 49.0. The summed E-state index contributed by atoms with van der Waals surface area (Å²) in [7, 11) is -1.00. The second kappa shape index (κ2) is 18.5. The third kappa shape index (κ3) is 9.64. The first-order valence-electron chi connectivity index (χ1n) is 23.1. The Bertz CT molecular complexity index is 2580. The van der Waals surface area contributed by atoms with Crippen molar-refractivity contribution < 1.29 is 51.2 Å². The molecule has 2 saturated heterocycles. The third-order valence-electron chi connectivity index (χ3n) is 14.8. The number of esters is 2. The quantitative estimate of drug-likeness (QED) is 0.0966. The predicted octanol–water partition coefficient (Wildman–Crippen LogP) is 7.39. The summed E-state index contributed by atoms with van der Waals surface area (Å²) in [5, 5.41) is 0.478. The second-order valence-corrected chi connectivity index (χ2v) is 20.7. The molecule has 4 heterocycles. The van der Waals surface area contributed by atoms with Crippen LogP contribution < -0.4 is 21.2 Å². The monoisotopic (exact) mass is 986 g/mol. The number of rotatable bonds is 10. The highest BCUT2D eigenvalue weighted by Gasteiger charge is 2.61. The average molecular weight is 988 g/mol. The number of aromatic amines is 1. The molecule has 2 saturated carbocycles. The van der Waals surface area contributed by atoms with Crippen LogP contribution in [0.15, 0.2) is 65.7 Å². The Morgan fingerprint density at radius 1 is 0.716 bits per heavy atom. The predicted molar refractivity (Wildman–Crippen MR) is 253 cm³/mol. The van der Waals surface area contributed by atoms with Gasteiger partial charge in [0.25, 0.3) is 0 Å². The largest absolute Gasteiger partial charge is 0.494 e. The molecule has 2 aliphatic heterocycles. The topological polar surface area (TPSA) is 144 Å². The van der Waals surface area contributed by atoms with Crippen molar-refractivity contribution in [2.75, 3.05) is 13.2 Å². The Labute approximate surface area is 400 Å². The first-order chi connectivity index (χ1) is 31.6. The zero-order valence-electron chi connectivity index (χ0n) is 39.8. The highest BCUT2D eigenvalue weighted by atomic mass is 79.9. The summed E-state index contributed by atoms with van der Waals surface area (Å²) in [6.45, 7) is 20.5. The van der Waals surface area contributed by atoms with Crippen LogP contribution in [0.1, 0.15) is 114 Å². The maximum absolute atomic E-state index is 14.5. The van der Waals surface area contributed by atoms with Gasteiger partial charge in [0.1, 0.15) is 18.2 Å². The zero-order chi connectivity index (χ0) is 48.4. The summed E-state index contributed by atoms with van der Waals surface area (Å²) >= 11 is 3.27. The number of H-pyrrole nitrogens is 1. The Balaban J connectivity index is 0.000000150. The van der Waals surface area contributed by atoms with Crippen LogP contribution in [-0.4, -0.2) is 71.8 Å². The number of halogens is 3. The van der Waals surface area contributed by atoms with Crippen molar-refractivity contribution in [3.05, 3.63) is 116 Å². The summed E-state index contributed by atoms with van der Waals surface area (Å²) in [6, 6.07) is 13.3. The van der Waals surface area contributed by atoms with Crippen LogP contribution in [0.5, 0.6) is 5.88 Å². The molecule has 4 aliphatic carbocycles. The van der Waals surface area contributed by atoms with Crippen molar-refractivity contribution in [2.24, 2.45) is 23.7 Å². The SMILES string of the molecule is CC1(C)OB(c2ccc(F)c(CBr)c2)OC1(C)C.CCOC(=O)C1C2Cc3cc(=O)[nH]cc3C21.CCOC(=O)[C@H]1[C@@H]2Cc3cc(OCc4cc(B5OC(C)(C)C(C)(C)O5)ccc4F)ncc3[C@@H]21. The van der Waals surface area contributed by atoms with E-state index in [0.29, 0.717) is 47.4 Å². The van der Waals surface area contributed by atoms with E-state index in [1.807, 2.05) is 75.3 Å². The number of carbonyl (C=O) groups is 2. The molecular formula is C50H59B2BrF2N2O10. The second-order valence-electron chi connectivity index (χ2n) is 20.1. The summed E-state index contributed by atoms with van der Waals surface area (Å²) in [6.07, 6.45) is 5.19. The van der Waals surface area contributed by atoms with Gasteiger partial charge in [-0.25, -0.2) is 13.8 Å². The molecule has 2 aromatic heterocycles. The number of nitrogens with one attached hydrogen (secondary N) is 1. The summed E-state index contributed by atoms with van der Waals surface area (Å²) in [5.41, 5.74) is 5.34. The van der Waals surface area contributed by atoms with E-state index in [4.69, 9.17) is 32.8 Å². The van der Waals surface area contributed by atoms with Gasteiger partial charge in [-0.1, -0.05) is 40.2 Å². The molecule has 0 amide bonds. The van der Waals surface area contributed by atoms with E-state index in [-0.39, 0.29) is 70.6 Å². The lowest BCUT2D eigenvalue weighted by Crippen LogP contribution is -2.41. The van der Waals surface area contributed by atoms with E-state index >= 15 is 0 Å². The number of benzene rings is 2. The van der Waals surface area contributed by atoms with Crippen molar-refractivity contribution in [1.29, 1.82) is 0 Å². The molecule has 67 heavy (non-hydrogen) atoms. The minimum Gasteiger partial charge on any atom is -0.473 e. The van der Waals surface area contributed by atoms with Gasteiger partial charge >= 0.3 is 26.2 Å². The minimum absolute atomic E-state index is 0.0263. The van der Waals surface area contributed by atoms with Crippen LogP contribution in [-0.2, 0) is 62.5 Å². The standard InChI is InChI=1S/C25H29BFNO5.C13H17BBrFO2.C12H13NO3/c1-6-30-23(29)22-17-10-14-11-20(28-12-18(14)21(17)22)31-13-15-9-16(7-8-19(15)27)26-32-24(2,3)25(4,5)33-26;1-12(2)13(3,4)18-14(17-12)10-5-6-11(16)9(7-10)8-15;1-2-16-12(15)11-7-3-6-4-9(14)13-5-8(6)10(7)11/h7-9,11-12,17,21-22H,6,10,13H2,1-5H3;5-7H,8H2,1-4H3;4-5,7,10-11H,2-3H2,1H3,(H,13,14)/t17-,21-,22+;;/m1../s1. The van der Waals surface area contributed by atoms with Crippen LogP contribution in [0.2, 0.25) is 0 Å². The van der Waals surface area contributed by atoms with Crippen LogP contribution in [0, 0.1) is 35.3 Å². The maximum Gasteiger partial charge on any atom is 0.494 e. The van der Waals surface area contributed by atoms with E-state index in [1.54, 1.807) is 42.7 Å². The Morgan fingerprint density at radius 2 is 1.18 bits per heavy atom. The molecule has 6 aliphatic rings. The first-order valence-corrected chi connectivity index (χ1v) is 24.2. The van der Waals surface area contributed by atoms with Crippen molar-refractivity contribution >= 4 is 53.0 Å². The lowest BCUT2D eigenvalue weighted by Gasteiger charge is -2.32. The van der Waals surface area contributed by atoms with Crippen LogP contribution in [0.3, 0.4) is 0 Å². The highest BCUT2D eigenvalue weighted by molar-refractivity contribution is 9.08. The fraction of sp³-hybridized carbons (Fsp3) is 0.520. The van der Waals surface area contributed by atoms with E-state index < -0.39 is 25.4 Å². The number of hydrogen-bond acceptors (Lipinski definition) is 11. The number of ether oxygens (including phenoxy) is 3. The fourth-order valence-electron chi connectivity index (χ4n) is 9.59. The lowest BCUT2D eigenvalue weighted by molar-refractivity contribution is -0.146. The number of pyridine rings is 2. The van der Waals surface area contributed by atoms with Gasteiger partial charge in [-0.2, -0.15) is 0 Å². The van der Waals surface area contributed by atoms with Gasteiger partial charge in [0.05, 0.1) is 47.5 Å². The molecule has 4 aromatic rings. The van der Waals surface area contributed by atoms with E-state index in [0.717, 1.165) is 46.0 Å². The molecule has 0 bridgehead atoms. The zero-order valence-corrected chi connectivity index (χ0v) is 41.4. The molecule has 356 valence electrons. The van der Waals surface area contributed by atoms with E-state index in [2.05, 4.69) is 25.9 Å². The third-order valence-corrected chi connectivity index (χ3v) is 15.4. The maximum atomic E-state index is 14.5. The van der Waals surface area contributed by atoms with Crippen molar-refractivity contribution in [1.82, 2.24) is 9.97 Å². The molecule has 3 unspecified atom stereocenters. The van der Waals surface area contributed by atoms with Crippen LogP contribution in [0.4, 0.5) is 8.78 Å². The van der Waals surface area contributed by atoms with E-state index in [1.165, 1.54) is 12.1 Å². The molecule has 1 N–H and O–H groups in total. The summed E-state index contributed by atoms with van der Waals surface area (Å²) < 4.78 is 68.0. The van der Waals surface area contributed by atoms with Gasteiger partial charge in [-0.15, -0.1) is 0 Å². The number of fused-ring (bicyclic) bond motifs is 6. The van der Waals surface area contributed by atoms with E-state index in [9.17, 15) is 23.2 Å². The molecule has 2 aromatic carbocycles. The van der Waals surface area contributed by atoms with Crippen molar-refractivity contribution in [3.8, 4) is 5.88 Å². The lowest BCUT2D eigenvalue weighted by atomic mass is 9.78. The van der Waals surface area contributed by atoms with Crippen molar-refractivity contribution in [3.63, 3.8) is 0 Å². The van der Waals surface area contributed by atoms with Gasteiger partial charge < -0.3 is 37.8 Å². The Hall–Kier alpha value is -4.41. The van der Waals surface area contributed by atoms with Crippen LogP contribution in [0.25, 0.3) is 0 Å². The molecular weight excluding hydrogens is 928 g/mol. The number of aromatic nitrogens is 2. The van der Waals surface area contributed by atoms with Gasteiger partial charge in [0.2, 0.25) is 11.4 Å². The average Bonchev–Trinajstić information content (AvgIpc) is 3.99. The van der Waals surface area contributed by atoms with Gasteiger partial charge in [0, 0.05) is 47.3 Å². The molecule has 6 atom stereocenters. The highest BCUT2D eigenvalue weighted by Crippen LogP contribution is 2.62.